The molecule has 0 aliphatic carbocycles. The van der Waals surface area contributed by atoms with Gasteiger partial charge in [0.25, 0.3) is 0 Å². The number of carbonyl (C=O) groups is 1. The summed E-state index contributed by atoms with van der Waals surface area (Å²) in [7, 11) is -3.56. The lowest BCUT2D eigenvalue weighted by Crippen LogP contribution is -2.47. The van der Waals surface area contributed by atoms with Gasteiger partial charge in [-0.05, 0) is 37.2 Å². The van der Waals surface area contributed by atoms with Gasteiger partial charge in [-0.15, -0.1) is 0 Å². The van der Waals surface area contributed by atoms with Crippen LogP contribution in [0.1, 0.15) is 12.8 Å². The molecular formula is C22H30N4O3S. The summed E-state index contributed by atoms with van der Waals surface area (Å²) in [6.07, 6.45) is 1.01. The Hall–Kier alpha value is -2.42. The van der Waals surface area contributed by atoms with Crippen molar-refractivity contribution in [2.75, 3.05) is 50.7 Å². The Balaban J connectivity index is 1.26. The Labute approximate surface area is 179 Å². The number of anilines is 1. The van der Waals surface area contributed by atoms with E-state index in [4.69, 9.17) is 0 Å². The highest BCUT2D eigenvalue weighted by Gasteiger charge is 2.17. The SMILES string of the molecule is O=C(CCNS(=O)(=O)c1ccccc1)NCCCN1CCN(c2ccccc2)CC1. The van der Waals surface area contributed by atoms with Crippen LogP contribution in [0.3, 0.4) is 0 Å². The van der Waals surface area contributed by atoms with Crippen molar-refractivity contribution in [3.05, 3.63) is 60.7 Å². The number of piperazine rings is 1. The molecular weight excluding hydrogens is 400 g/mol. The van der Waals surface area contributed by atoms with Gasteiger partial charge in [-0.25, -0.2) is 13.1 Å². The van der Waals surface area contributed by atoms with Gasteiger partial charge >= 0.3 is 0 Å². The van der Waals surface area contributed by atoms with E-state index in [-0.39, 0.29) is 23.8 Å². The molecule has 8 heteroatoms. The van der Waals surface area contributed by atoms with Crippen molar-refractivity contribution in [1.29, 1.82) is 0 Å². The lowest BCUT2D eigenvalue weighted by Gasteiger charge is -2.36. The molecule has 2 aromatic carbocycles. The number of hydrogen-bond acceptors (Lipinski definition) is 5. The zero-order valence-electron chi connectivity index (χ0n) is 17.2. The molecule has 30 heavy (non-hydrogen) atoms. The molecule has 3 rings (SSSR count). The van der Waals surface area contributed by atoms with Crippen LogP contribution in [0.15, 0.2) is 65.6 Å². The molecule has 2 aromatic rings. The Kier molecular flexibility index (Phi) is 8.24. The summed E-state index contributed by atoms with van der Waals surface area (Å²) in [5.41, 5.74) is 1.27. The molecule has 0 spiro atoms. The van der Waals surface area contributed by atoms with Crippen LogP contribution in [0.2, 0.25) is 0 Å². The minimum atomic E-state index is -3.56. The molecule has 0 atom stereocenters. The first-order valence-electron chi connectivity index (χ1n) is 10.4. The van der Waals surface area contributed by atoms with Crippen molar-refractivity contribution in [3.63, 3.8) is 0 Å². The third-order valence-corrected chi connectivity index (χ3v) is 6.64. The first-order valence-corrected chi connectivity index (χ1v) is 11.9. The fourth-order valence-corrected chi connectivity index (χ4v) is 4.52. The Morgan fingerprint density at radius 2 is 1.50 bits per heavy atom. The Bertz CT molecular complexity index is 883. The number of para-hydroxylation sites is 1. The molecule has 0 radical (unpaired) electrons. The van der Waals surface area contributed by atoms with E-state index in [9.17, 15) is 13.2 Å². The topological polar surface area (TPSA) is 81.7 Å². The highest BCUT2D eigenvalue weighted by molar-refractivity contribution is 7.89. The van der Waals surface area contributed by atoms with Gasteiger partial charge in [0, 0.05) is 51.4 Å². The molecule has 1 amide bonds. The number of carbonyl (C=O) groups excluding carboxylic acids is 1. The smallest absolute Gasteiger partial charge is 0.240 e. The normalized spacial score (nSPS) is 15.1. The monoisotopic (exact) mass is 430 g/mol. The largest absolute Gasteiger partial charge is 0.369 e. The van der Waals surface area contributed by atoms with Gasteiger partial charge in [0.2, 0.25) is 15.9 Å². The maximum atomic E-state index is 12.1. The number of benzene rings is 2. The van der Waals surface area contributed by atoms with Gasteiger partial charge in [0.15, 0.2) is 0 Å². The summed E-state index contributed by atoms with van der Waals surface area (Å²) in [4.78, 5) is 17.0. The second-order valence-corrected chi connectivity index (χ2v) is 9.10. The average Bonchev–Trinajstić information content (AvgIpc) is 2.78. The molecule has 2 N–H and O–H groups in total. The van der Waals surface area contributed by atoms with Crippen LogP contribution in [-0.4, -0.2) is 65.0 Å². The maximum Gasteiger partial charge on any atom is 0.240 e. The van der Waals surface area contributed by atoms with Gasteiger partial charge in [0.1, 0.15) is 0 Å². The highest BCUT2D eigenvalue weighted by atomic mass is 32.2. The fourth-order valence-electron chi connectivity index (χ4n) is 3.47. The number of amides is 1. The van der Waals surface area contributed by atoms with Crippen molar-refractivity contribution >= 4 is 21.6 Å². The van der Waals surface area contributed by atoms with E-state index in [2.05, 4.69) is 44.1 Å². The van der Waals surface area contributed by atoms with Crippen LogP contribution in [0.25, 0.3) is 0 Å². The summed E-state index contributed by atoms with van der Waals surface area (Å²) >= 11 is 0. The molecule has 1 saturated heterocycles. The van der Waals surface area contributed by atoms with E-state index >= 15 is 0 Å². The zero-order chi connectivity index (χ0) is 21.2. The average molecular weight is 431 g/mol. The third kappa shape index (κ3) is 6.83. The minimum absolute atomic E-state index is 0.0878. The van der Waals surface area contributed by atoms with E-state index in [0.29, 0.717) is 6.54 Å². The predicted molar refractivity (Wildman–Crippen MR) is 119 cm³/mol. The van der Waals surface area contributed by atoms with Crippen molar-refractivity contribution in [3.8, 4) is 0 Å². The highest BCUT2D eigenvalue weighted by Crippen LogP contribution is 2.15. The summed E-state index contributed by atoms with van der Waals surface area (Å²) in [5.74, 6) is -0.139. The van der Waals surface area contributed by atoms with Crippen molar-refractivity contribution in [1.82, 2.24) is 14.9 Å². The van der Waals surface area contributed by atoms with Gasteiger partial charge in [0.05, 0.1) is 4.90 Å². The second kappa shape index (κ2) is 11.1. The molecule has 1 aliphatic rings. The molecule has 162 valence electrons. The maximum absolute atomic E-state index is 12.1. The number of sulfonamides is 1. The van der Waals surface area contributed by atoms with E-state index in [1.54, 1.807) is 18.2 Å². The number of nitrogens with one attached hydrogen (secondary N) is 2. The summed E-state index contributed by atoms with van der Waals surface area (Å²) in [6, 6.07) is 18.6. The van der Waals surface area contributed by atoms with Crippen molar-refractivity contribution in [2.45, 2.75) is 17.7 Å². The van der Waals surface area contributed by atoms with Crippen molar-refractivity contribution in [2.24, 2.45) is 0 Å². The molecule has 0 aromatic heterocycles. The van der Waals surface area contributed by atoms with Gasteiger partial charge < -0.3 is 10.2 Å². The lowest BCUT2D eigenvalue weighted by molar-refractivity contribution is -0.120. The molecule has 0 saturated carbocycles. The van der Waals surface area contributed by atoms with Crippen LogP contribution >= 0.6 is 0 Å². The van der Waals surface area contributed by atoms with E-state index < -0.39 is 10.0 Å². The van der Waals surface area contributed by atoms with Gasteiger partial charge in [-0.3, -0.25) is 9.69 Å². The van der Waals surface area contributed by atoms with Crippen LogP contribution in [0.4, 0.5) is 5.69 Å². The molecule has 1 aliphatic heterocycles. The van der Waals surface area contributed by atoms with Crippen LogP contribution in [0, 0.1) is 0 Å². The molecule has 7 nitrogen and oxygen atoms in total. The van der Waals surface area contributed by atoms with Crippen LogP contribution in [0.5, 0.6) is 0 Å². The predicted octanol–water partition coefficient (Wildman–Crippen LogP) is 1.68. The van der Waals surface area contributed by atoms with Crippen molar-refractivity contribution < 1.29 is 13.2 Å². The summed E-state index contributed by atoms with van der Waals surface area (Å²) < 4.78 is 26.7. The Morgan fingerprint density at radius 3 is 2.17 bits per heavy atom. The number of rotatable bonds is 10. The molecule has 1 fully saturated rings. The molecule has 1 heterocycles. The first kappa shape index (κ1) is 22.3. The number of hydrogen-bond donors (Lipinski definition) is 2. The lowest BCUT2D eigenvalue weighted by atomic mass is 10.2. The quantitative estimate of drug-likeness (QED) is 0.561. The van der Waals surface area contributed by atoms with E-state index in [0.717, 1.165) is 39.1 Å². The first-order chi connectivity index (χ1) is 14.5. The Morgan fingerprint density at radius 1 is 0.867 bits per heavy atom. The summed E-state index contributed by atoms with van der Waals surface area (Å²) in [6.45, 7) is 5.70. The van der Waals surface area contributed by atoms with Gasteiger partial charge in [-0.2, -0.15) is 0 Å². The number of nitrogens with zero attached hydrogens (tertiary/aromatic N) is 2. The summed E-state index contributed by atoms with van der Waals surface area (Å²) in [5, 5.41) is 2.87. The molecule has 0 bridgehead atoms. The second-order valence-electron chi connectivity index (χ2n) is 7.33. The molecule has 0 unspecified atom stereocenters. The van der Waals surface area contributed by atoms with Gasteiger partial charge in [-0.1, -0.05) is 36.4 Å². The van der Waals surface area contributed by atoms with E-state index in [1.165, 1.54) is 17.8 Å². The fraction of sp³-hybridized carbons (Fsp3) is 0.409. The van der Waals surface area contributed by atoms with Crippen LogP contribution in [-0.2, 0) is 14.8 Å². The van der Waals surface area contributed by atoms with E-state index in [1.807, 2.05) is 6.07 Å². The standard InChI is InChI=1S/C22H30N4O3S/c27-22(12-14-24-30(28,29)21-10-5-2-6-11-21)23-13-7-15-25-16-18-26(19-17-25)20-8-3-1-4-9-20/h1-6,8-11,24H,7,12-19H2,(H,23,27). The zero-order valence-corrected chi connectivity index (χ0v) is 18.0. The third-order valence-electron chi connectivity index (χ3n) is 5.16. The van der Waals surface area contributed by atoms with Crippen LogP contribution < -0.4 is 14.9 Å². The minimum Gasteiger partial charge on any atom is -0.369 e.